The molecule has 1 spiro atoms. The number of rotatable bonds is 6. The number of allylic oxidation sites excluding steroid dienone is 1. The summed E-state index contributed by atoms with van der Waals surface area (Å²) in [5.41, 5.74) is 5.96. The molecule has 0 radical (unpaired) electrons. The second-order valence-corrected chi connectivity index (χ2v) is 11.9. The summed E-state index contributed by atoms with van der Waals surface area (Å²) in [7, 11) is -1.60. The minimum atomic E-state index is -3.38. The van der Waals surface area contributed by atoms with Gasteiger partial charge in [0.2, 0.25) is 10.0 Å². The molecule has 1 saturated heterocycles. The van der Waals surface area contributed by atoms with E-state index in [0.717, 1.165) is 46.9 Å². The highest BCUT2D eigenvalue weighted by atomic mass is 32.2. The number of nitrogens with one attached hydrogen (secondary N) is 1. The maximum Gasteiger partial charge on any atom is 0.373 e. The summed E-state index contributed by atoms with van der Waals surface area (Å²) in [6.07, 6.45) is 11.9. The Morgan fingerprint density at radius 1 is 1.14 bits per heavy atom. The number of piperidine rings is 1. The lowest BCUT2D eigenvalue weighted by atomic mass is 9.89. The number of sulfonamides is 1. The third kappa shape index (κ3) is 4.90. The Kier molecular flexibility index (Phi) is 7.25. The number of anilines is 2. The molecule has 5 rings (SSSR count). The van der Waals surface area contributed by atoms with E-state index in [-0.39, 0.29) is 17.5 Å². The van der Waals surface area contributed by atoms with Crippen molar-refractivity contribution in [2.24, 2.45) is 18.4 Å². The SMILES string of the molecule is CCC1CC12CCN(c1ccc(NS(=O)(=O)CC)cc1-c1cn(C)c(=O)c3c1C=CC3)CC2.O=C=O. The summed E-state index contributed by atoms with van der Waals surface area (Å²) in [6.45, 7) is 5.95. The first-order valence-electron chi connectivity index (χ1n) is 12.5. The minimum Gasteiger partial charge on any atom is -0.371 e. The van der Waals surface area contributed by atoms with Crippen LogP contribution in [-0.2, 0) is 33.1 Å². The lowest BCUT2D eigenvalue weighted by Gasteiger charge is -2.36. The van der Waals surface area contributed by atoms with Crippen molar-refractivity contribution in [3.8, 4) is 11.1 Å². The second kappa shape index (κ2) is 10.1. The van der Waals surface area contributed by atoms with Crippen LogP contribution in [-0.4, -0.2) is 38.0 Å². The number of aryl methyl sites for hydroxylation is 1. The molecule has 1 N–H and O–H groups in total. The van der Waals surface area contributed by atoms with Crippen molar-refractivity contribution in [1.82, 2.24) is 4.57 Å². The average Bonchev–Trinajstić information content (AvgIpc) is 3.30. The van der Waals surface area contributed by atoms with Crippen LogP contribution in [0.2, 0.25) is 0 Å². The highest BCUT2D eigenvalue weighted by Gasteiger charge is 2.53. The molecule has 3 aliphatic rings. The molecule has 2 heterocycles. The molecule has 0 bridgehead atoms. The summed E-state index contributed by atoms with van der Waals surface area (Å²) >= 11 is 0. The largest absolute Gasteiger partial charge is 0.373 e. The minimum absolute atomic E-state index is 0.0227. The van der Waals surface area contributed by atoms with E-state index in [0.29, 0.717) is 17.5 Å². The summed E-state index contributed by atoms with van der Waals surface area (Å²) in [5, 5.41) is 0. The molecule has 1 aliphatic heterocycles. The van der Waals surface area contributed by atoms with E-state index >= 15 is 0 Å². The van der Waals surface area contributed by atoms with E-state index in [1.807, 2.05) is 36.5 Å². The molecule has 9 heteroatoms. The maximum atomic E-state index is 12.7. The quantitative estimate of drug-likeness (QED) is 0.632. The molecule has 36 heavy (non-hydrogen) atoms. The first-order valence-corrected chi connectivity index (χ1v) is 14.1. The molecule has 1 aromatic carbocycles. The van der Waals surface area contributed by atoms with Crippen LogP contribution in [0.15, 0.2) is 35.3 Å². The van der Waals surface area contributed by atoms with Crippen LogP contribution >= 0.6 is 0 Å². The highest BCUT2D eigenvalue weighted by molar-refractivity contribution is 7.92. The van der Waals surface area contributed by atoms with Gasteiger partial charge >= 0.3 is 6.15 Å². The van der Waals surface area contributed by atoms with Crippen LogP contribution in [0.25, 0.3) is 17.2 Å². The molecule has 192 valence electrons. The molecule has 0 amide bonds. The number of hydrogen-bond donors (Lipinski definition) is 1. The van der Waals surface area contributed by atoms with E-state index < -0.39 is 10.0 Å². The zero-order chi connectivity index (χ0) is 26.1. The van der Waals surface area contributed by atoms with Crippen LogP contribution in [0.5, 0.6) is 0 Å². The molecule has 2 fully saturated rings. The number of fused-ring (bicyclic) bond motifs is 1. The number of nitrogens with zero attached hydrogens (tertiary/aromatic N) is 2. The summed E-state index contributed by atoms with van der Waals surface area (Å²) in [6, 6.07) is 5.84. The first-order chi connectivity index (χ1) is 17.2. The van der Waals surface area contributed by atoms with Crippen molar-refractivity contribution < 1.29 is 18.0 Å². The first kappa shape index (κ1) is 25.9. The Balaban J connectivity index is 0.000000967. The van der Waals surface area contributed by atoms with Crippen LogP contribution in [0.1, 0.15) is 50.7 Å². The topological polar surface area (TPSA) is 106 Å². The highest BCUT2D eigenvalue weighted by Crippen LogP contribution is 2.61. The number of aromatic nitrogens is 1. The Bertz CT molecular complexity index is 1380. The van der Waals surface area contributed by atoms with Crippen molar-refractivity contribution >= 4 is 33.6 Å². The molecular formula is C27H33N3O5S. The molecule has 2 aromatic rings. The van der Waals surface area contributed by atoms with Gasteiger partial charge in [-0.3, -0.25) is 9.52 Å². The fourth-order valence-electron chi connectivity index (χ4n) is 5.87. The Hall–Kier alpha value is -3.16. The summed E-state index contributed by atoms with van der Waals surface area (Å²) in [5.74, 6) is 0.900. The number of carbonyl (C=O) groups excluding carboxylic acids is 2. The monoisotopic (exact) mass is 511 g/mol. The zero-order valence-electron chi connectivity index (χ0n) is 21.0. The lowest BCUT2D eigenvalue weighted by Crippen LogP contribution is -2.35. The number of benzene rings is 1. The summed E-state index contributed by atoms with van der Waals surface area (Å²) < 4.78 is 28.9. The van der Waals surface area contributed by atoms with E-state index in [1.165, 1.54) is 25.7 Å². The van der Waals surface area contributed by atoms with Crippen molar-refractivity contribution in [1.29, 1.82) is 0 Å². The van der Waals surface area contributed by atoms with Crippen molar-refractivity contribution in [3.63, 3.8) is 0 Å². The molecule has 8 nitrogen and oxygen atoms in total. The van der Waals surface area contributed by atoms with Crippen molar-refractivity contribution in [2.45, 2.75) is 46.0 Å². The Morgan fingerprint density at radius 2 is 1.83 bits per heavy atom. The van der Waals surface area contributed by atoms with Gasteiger partial charge in [-0.2, -0.15) is 9.59 Å². The van der Waals surface area contributed by atoms with Gasteiger partial charge in [0.25, 0.3) is 5.56 Å². The normalized spacial score (nSPS) is 19.3. The molecule has 1 atom stereocenters. The van der Waals surface area contributed by atoms with Gasteiger partial charge in [0.1, 0.15) is 0 Å². The van der Waals surface area contributed by atoms with Crippen LogP contribution in [0.4, 0.5) is 11.4 Å². The van der Waals surface area contributed by atoms with Gasteiger partial charge in [-0.05, 0) is 67.7 Å². The smallest absolute Gasteiger partial charge is 0.371 e. The van der Waals surface area contributed by atoms with Gasteiger partial charge in [-0.25, -0.2) is 8.42 Å². The standard InChI is InChI=1S/C26H33N3O3S.CO2/c1-4-18-16-26(18)11-13-29(14-12-26)24-10-9-19(27-33(31,32)5-2)15-22(24)23-17-28(3)25(30)21-8-6-7-20(21)23;2-1-3/h6-7,9-10,15,17-18,27H,4-5,8,11-14,16H2,1-3H3;. The zero-order valence-corrected chi connectivity index (χ0v) is 21.9. The second-order valence-electron chi connectivity index (χ2n) is 9.94. The van der Waals surface area contributed by atoms with Crippen LogP contribution < -0.4 is 15.2 Å². The third-order valence-electron chi connectivity index (χ3n) is 8.01. The van der Waals surface area contributed by atoms with Crippen LogP contribution in [0.3, 0.4) is 0 Å². The molecule has 1 aromatic heterocycles. The predicted molar refractivity (Wildman–Crippen MR) is 140 cm³/mol. The third-order valence-corrected chi connectivity index (χ3v) is 9.32. The van der Waals surface area contributed by atoms with Crippen molar-refractivity contribution in [2.75, 3.05) is 28.5 Å². The number of hydrogen-bond acceptors (Lipinski definition) is 6. The number of pyridine rings is 1. The van der Waals surface area contributed by atoms with E-state index in [1.54, 1.807) is 18.5 Å². The van der Waals surface area contributed by atoms with E-state index in [9.17, 15) is 13.2 Å². The fraction of sp³-hybridized carbons (Fsp3) is 0.481. The Labute approximate surface area is 212 Å². The average molecular weight is 512 g/mol. The molecule has 2 aliphatic carbocycles. The summed E-state index contributed by atoms with van der Waals surface area (Å²) in [4.78, 5) is 31.4. The van der Waals surface area contributed by atoms with Gasteiger partial charge in [-0.15, -0.1) is 0 Å². The molecular weight excluding hydrogens is 478 g/mol. The lowest BCUT2D eigenvalue weighted by molar-refractivity contribution is -0.191. The molecule has 1 unspecified atom stereocenters. The molecule has 1 saturated carbocycles. The van der Waals surface area contributed by atoms with Gasteiger partial charge in [0.05, 0.1) is 5.75 Å². The van der Waals surface area contributed by atoms with Gasteiger partial charge in [0, 0.05) is 54.4 Å². The van der Waals surface area contributed by atoms with E-state index in [2.05, 4.69) is 16.5 Å². The van der Waals surface area contributed by atoms with Gasteiger partial charge < -0.3 is 9.47 Å². The fourth-order valence-corrected chi connectivity index (χ4v) is 6.50. The van der Waals surface area contributed by atoms with Gasteiger partial charge in [-0.1, -0.05) is 25.5 Å². The maximum absolute atomic E-state index is 12.7. The van der Waals surface area contributed by atoms with Crippen LogP contribution in [0, 0.1) is 11.3 Å². The predicted octanol–water partition coefficient (Wildman–Crippen LogP) is 3.82. The van der Waals surface area contributed by atoms with Crippen molar-refractivity contribution in [3.05, 3.63) is 52.0 Å². The van der Waals surface area contributed by atoms with E-state index in [4.69, 9.17) is 9.59 Å². The Morgan fingerprint density at radius 3 is 2.44 bits per heavy atom. The van der Waals surface area contributed by atoms with Gasteiger partial charge in [0.15, 0.2) is 0 Å².